The molecule has 4 rings (SSSR count). The molecule has 1 N–H and O–H groups in total. The summed E-state index contributed by atoms with van der Waals surface area (Å²) in [5.74, 6) is 2.16. The fourth-order valence-corrected chi connectivity index (χ4v) is 3.30. The van der Waals surface area contributed by atoms with E-state index in [1.54, 1.807) is 12.3 Å². The van der Waals surface area contributed by atoms with Crippen LogP contribution in [0.25, 0.3) is 11.4 Å². The first kappa shape index (κ1) is 22.2. The van der Waals surface area contributed by atoms with Crippen molar-refractivity contribution < 1.29 is 19.0 Å². The average Bonchev–Trinajstić information content (AvgIpc) is 2.79. The first-order valence-electron chi connectivity index (χ1n) is 10.8. The van der Waals surface area contributed by atoms with Crippen LogP contribution in [-0.2, 0) is 14.2 Å². The predicted molar refractivity (Wildman–Crippen MR) is 119 cm³/mol. The Morgan fingerprint density at radius 1 is 0.938 bits per heavy atom. The molecule has 0 unspecified atom stereocenters. The van der Waals surface area contributed by atoms with E-state index < -0.39 is 11.7 Å². The number of anilines is 3. The summed E-state index contributed by atoms with van der Waals surface area (Å²) in [6.07, 6.45) is 1.08. The fourth-order valence-electron chi connectivity index (χ4n) is 3.30. The Kier molecular flexibility index (Phi) is 6.66. The molecule has 11 heteroatoms. The molecule has 0 saturated carbocycles. The van der Waals surface area contributed by atoms with E-state index in [-0.39, 0.29) is 0 Å². The lowest BCUT2D eigenvalue weighted by molar-refractivity contribution is 0.0635. The van der Waals surface area contributed by atoms with Crippen LogP contribution in [0.4, 0.5) is 22.5 Å². The molecule has 2 aromatic heterocycles. The Morgan fingerprint density at radius 3 is 1.97 bits per heavy atom. The number of carbonyl (C=O) groups excluding carboxylic acids is 1. The maximum absolute atomic E-state index is 12.0. The average molecular weight is 444 g/mol. The fraction of sp³-hybridized carbons (Fsp3) is 0.571. The first-order chi connectivity index (χ1) is 15.4. The van der Waals surface area contributed by atoms with Crippen molar-refractivity contribution in [3.8, 4) is 11.4 Å². The quantitative estimate of drug-likeness (QED) is 0.752. The molecule has 2 aliphatic heterocycles. The molecule has 32 heavy (non-hydrogen) atoms. The highest BCUT2D eigenvalue weighted by Crippen LogP contribution is 2.23. The van der Waals surface area contributed by atoms with Crippen LogP contribution in [-0.4, -0.2) is 84.2 Å². The highest BCUT2D eigenvalue weighted by atomic mass is 16.6. The predicted octanol–water partition coefficient (Wildman–Crippen LogP) is 1.95. The van der Waals surface area contributed by atoms with E-state index in [2.05, 4.69) is 20.1 Å². The van der Waals surface area contributed by atoms with Crippen molar-refractivity contribution >= 4 is 23.8 Å². The van der Waals surface area contributed by atoms with Crippen LogP contribution >= 0.6 is 0 Å². The molecule has 2 saturated heterocycles. The number of hydrogen-bond donors (Lipinski definition) is 1. The van der Waals surface area contributed by atoms with Crippen LogP contribution in [0.2, 0.25) is 0 Å². The summed E-state index contributed by atoms with van der Waals surface area (Å²) >= 11 is 0. The van der Waals surface area contributed by atoms with Gasteiger partial charge in [0.05, 0.1) is 26.4 Å². The van der Waals surface area contributed by atoms with Crippen molar-refractivity contribution in [2.24, 2.45) is 0 Å². The van der Waals surface area contributed by atoms with Gasteiger partial charge in [0.2, 0.25) is 11.9 Å². The molecule has 4 heterocycles. The van der Waals surface area contributed by atoms with Gasteiger partial charge in [-0.05, 0) is 32.9 Å². The van der Waals surface area contributed by atoms with Crippen LogP contribution < -0.4 is 15.1 Å². The number of pyridine rings is 1. The van der Waals surface area contributed by atoms with Gasteiger partial charge in [0.15, 0.2) is 5.82 Å². The minimum Gasteiger partial charge on any atom is -0.444 e. The standard InChI is InChI=1S/C21H29N7O4/c1-21(2,3)32-20(29)23-16-5-4-15(14-22-16)17-24-18(27-6-10-30-11-7-27)26-19(25-17)28-8-12-31-13-9-28/h4-5,14H,6-13H2,1-3H3,(H,22,23,29). The minimum atomic E-state index is -0.583. The molecular weight excluding hydrogens is 414 g/mol. The molecule has 0 bridgehead atoms. The second kappa shape index (κ2) is 9.61. The van der Waals surface area contributed by atoms with Gasteiger partial charge in [0.25, 0.3) is 0 Å². The van der Waals surface area contributed by atoms with E-state index >= 15 is 0 Å². The topological polar surface area (TPSA) is 115 Å². The molecule has 11 nitrogen and oxygen atoms in total. The van der Waals surface area contributed by atoms with E-state index in [0.29, 0.717) is 50.0 Å². The molecule has 0 aromatic carbocycles. The van der Waals surface area contributed by atoms with Crippen molar-refractivity contribution in [1.82, 2.24) is 19.9 Å². The van der Waals surface area contributed by atoms with Gasteiger partial charge < -0.3 is 24.0 Å². The highest BCUT2D eigenvalue weighted by molar-refractivity contribution is 5.83. The SMILES string of the molecule is CC(C)(C)OC(=O)Nc1ccc(-c2nc(N3CCOCC3)nc(N3CCOCC3)n2)cn1. The summed E-state index contributed by atoms with van der Waals surface area (Å²) in [4.78, 5) is 34.6. The van der Waals surface area contributed by atoms with Crippen LogP contribution in [0, 0.1) is 0 Å². The van der Waals surface area contributed by atoms with Crippen molar-refractivity contribution in [2.45, 2.75) is 26.4 Å². The minimum absolute atomic E-state index is 0.388. The number of amides is 1. The lowest BCUT2D eigenvalue weighted by Gasteiger charge is -2.30. The van der Waals surface area contributed by atoms with Gasteiger partial charge in [-0.15, -0.1) is 0 Å². The molecule has 0 radical (unpaired) electrons. The van der Waals surface area contributed by atoms with E-state index in [0.717, 1.165) is 31.7 Å². The smallest absolute Gasteiger partial charge is 0.413 e. The molecule has 0 aliphatic carbocycles. The Balaban J connectivity index is 1.57. The summed E-state index contributed by atoms with van der Waals surface area (Å²) in [6.45, 7) is 10.9. The van der Waals surface area contributed by atoms with E-state index in [4.69, 9.17) is 29.2 Å². The zero-order chi connectivity index (χ0) is 22.6. The number of nitrogens with one attached hydrogen (secondary N) is 1. The molecule has 0 atom stereocenters. The van der Waals surface area contributed by atoms with Crippen molar-refractivity contribution in [2.75, 3.05) is 67.7 Å². The molecule has 172 valence electrons. The van der Waals surface area contributed by atoms with Gasteiger partial charge in [-0.2, -0.15) is 15.0 Å². The summed E-state index contributed by atoms with van der Waals surface area (Å²) in [5, 5.41) is 2.63. The Labute approximate surface area is 187 Å². The van der Waals surface area contributed by atoms with Gasteiger partial charge in [0, 0.05) is 37.9 Å². The van der Waals surface area contributed by atoms with Gasteiger partial charge in [-0.25, -0.2) is 9.78 Å². The van der Waals surface area contributed by atoms with Crippen molar-refractivity contribution in [1.29, 1.82) is 0 Å². The van der Waals surface area contributed by atoms with Crippen LogP contribution in [0.5, 0.6) is 0 Å². The van der Waals surface area contributed by atoms with E-state index in [1.807, 2.05) is 26.8 Å². The largest absolute Gasteiger partial charge is 0.444 e. The zero-order valence-electron chi connectivity index (χ0n) is 18.7. The maximum atomic E-state index is 12.0. The molecule has 1 amide bonds. The van der Waals surface area contributed by atoms with E-state index in [1.165, 1.54) is 0 Å². The number of aromatic nitrogens is 4. The lowest BCUT2D eigenvalue weighted by atomic mass is 10.2. The molecule has 2 aliphatic rings. The Bertz CT molecular complexity index is 884. The number of hydrogen-bond acceptors (Lipinski definition) is 10. The third kappa shape index (κ3) is 5.80. The number of rotatable bonds is 4. The van der Waals surface area contributed by atoms with Crippen LogP contribution in [0.15, 0.2) is 18.3 Å². The summed E-state index contributed by atoms with van der Waals surface area (Å²) in [7, 11) is 0. The highest BCUT2D eigenvalue weighted by Gasteiger charge is 2.21. The second-order valence-corrected chi connectivity index (χ2v) is 8.52. The van der Waals surface area contributed by atoms with Crippen molar-refractivity contribution in [3.05, 3.63) is 18.3 Å². The molecule has 0 spiro atoms. The van der Waals surface area contributed by atoms with Crippen LogP contribution in [0.3, 0.4) is 0 Å². The lowest BCUT2D eigenvalue weighted by Crippen LogP contribution is -2.40. The van der Waals surface area contributed by atoms with Gasteiger partial charge >= 0.3 is 6.09 Å². The number of carbonyl (C=O) groups is 1. The third-order valence-corrected chi connectivity index (χ3v) is 4.85. The normalized spacial score (nSPS) is 17.2. The molecular formula is C21H29N7O4. The van der Waals surface area contributed by atoms with Crippen LogP contribution in [0.1, 0.15) is 20.8 Å². The monoisotopic (exact) mass is 443 g/mol. The summed E-state index contributed by atoms with van der Waals surface area (Å²) in [6, 6.07) is 3.52. The number of morpholine rings is 2. The third-order valence-electron chi connectivity index (χ3n) is 4.85. The molecule has 2 fully saturated rings. The number of nitrogens with zero attached hydrogens (tertiary/aromatic N) is 6. The van der Waals surface area contributed by atoms with Crippen molar-refractivity contribution in [3.63, 3.8) is 0 Å². The zero-order valence-corrected chi connectivity index (χ0v) is 18.7. The first-order valence-corrected chi connectivity index (χ1v) is 10.8. The molecule has 2 aromatic rings. The van der Waals surface area contributed by atoms with Gasteiger partial charge in [0.1, 0.15) is 11.4 Å². The van der Waals surface area contributed by atoms with Gasteiger partial charge in [-0.3, -0.25) is 5.32 Å². The second-order valence-electron chi connectivity index (χ2n) is 8.52. The maximum Gasteiger partial charge on any atom is 0.413 e. The Morgan fingerprint density at radius 2 is 1.50 bits per heavy atom. The Hall–Kier alpha value is -3.05. The summed E-state index contributed by atoms with van der Waals surface area (Å²) in [5.41, 5.74) is 0.145. The van der Waals surface area contributed by atoms with E-state index in [9.17, 15) is 4.79 Å². The van der Waals surface area contributed by atoms with Gasteiger partial charge in [-0.1, -0.05) is 0 Å². The number of ether oxygens (including phenoxy) is 3. The summed E-state index contributed by atoms with van der Waals surface area (Å²) < 4.78 is 16.2.